The SMILES string of the molecule is CC(C)n1cc(C2=C(c3ccc(F)cc3)N=C(N)CN2C(N)=O)ccc1=O. The molecule has 0 saturated carbocycles. The molecule has 0 bridgehead atoms. The van der Waals surface area contributed by atoms with Gasteiger partial charge >= 0.3 is 6.03 Å². The second kappa shape index (κ2) is 7.06. The predicted octanol–water partition coefficient (Wildman–Crippen LogP) is 2.15. The maximum Gasteiger partial charge on any atom is 0.319 e. The number of amides is 2. The number of nitrogens with two attached hydrogens (primary N) is 2. The van der Waals surface area contributed by atoms with Gasteiger partial charge in [0, 0.05) is 29.4 Å². The van der Waals surface area contributed by atoms with Gasteiger partial charge in [0.05, 0.1) is 17.9 Å². The first kappa shape index (κ1) is 18.4. The number of halogens is 1. The Bertz CT molecular complexity index is 1010. The number of carbonyl (C=O) groups excluding carboxylic acids is 1. The van der Waals surface area contributed by atoms with Crippen molar-refractivity contribution < 1.29 is 9.18 Å². The Hall–Kier alpha value is -3.42. The standard InChI is InChI=1S/C19H20FN5O2/c1-11(2)24-9-13(5-8-16(24)26)18-17(12-3-6-14(20)7-4-12)23-15(21)10-25(18)19(22)27/h3-9,11H,10H2,1-2H3,(H2,21,23)(H2,22,27). The minimum absolute atomic E-state index is 0.0240. The molecule has 0 radical (unpaired) electrons. The number of hydrogen-bond donors (Lipinski definition) is 2. The number of rotatable bonds is 3. The number of hydrogen-bond acceptors (Lipinski definition) is 4. The van der Waals surface area contributed by atoms with E-state index in [0.29, 0.717) is 22.5 Å². The van der Waals surface area contributed by atoms with Crippen molar-refractivity contribution in [1.82, 2.24) is 9.47 Å². The summed E-state index contributed by atoms with van der Waals surface area (Å²) < 4.78 is 14.9. The van der Waals surface area contributed by atoms with Crippen molar-refractivity contribution in [3.63, 3.8) is 0 Å². The Kier molecular flexibility index (Phi) is 4.81. The molecular weight excluding hydrogens is 349 g/mol. The van der Waals surface area contributed by atoms with Crippen LogP contribution in [0.4, 0.5) is 9.18 Å². The molecule has 1 aliphatic heterocycles. The molecule has 0 fully saturated rings. The van der Waals surface area contributed by atoms with Crippen LogP contribution in [0.3, 0.4) is 0 Å². The van der Waals surface area contributed by atoms with Gasteiger partial charge in [0.15, 0.2) is 0 Å². The summed E-state index contributed by atoms with van der Waals surface area (Å²) in [5.41, 5.74) is 13.2. The summed E-state index contributed by atoms with van der Waals surface area (Å²) in [6.45, 7) is 3.78. The summed E-state index contributed by atoms with van der Waals surface area (Å²) in [5.74, 6) is -0.192. The fourth-order valence-corrected chi connectivity index (χ4v) is 2.94. The van der Waals surface area contributed by atoms with E-state index in [1.165, 1.54) is 23.1 Å². The van der Waals surface area contributed by atoms with Crippen molar-refractivity contribution >= 4 is 23.3 Å². The molecule has 1 aromatic heterocycles. The van der Waals surface area contributed by atoms with E-state index in [0.717, 1.165) is 0 Å². The molecule has 0 atom stereocenters. The van der Waals surface area contributed by atoms with Crippen molar-refractivity contribution in [1.29, 1.82) is 0 Å². The number of primary amides is 1. The highest BCUT2D eigenvalue weighted by molar-refractivity contribution is 6.05. The summed E-state index contributed by atoms with van der Waals surface area (Å²) in [7, 11) is 0. The van der Waals surface area contributed by atoms with Gasteiger partial charge in [-0.15, -0.1) is 0 Å². The van der Waals surface area contributed by atoms with Gasteiger partial charge in [-0.05, 0) is 44.2 Å². The first-order valence-corrected chi connectivity index (χ1v) is 8.40. The van der Waals surface area contributed by atoms with Gasteiger partial charge in [-0.2, -0.15) is 0 Å². The van der Waals surface area contributed by atoms with Gasteiger partial charge in [0.2, 0.25) is 0 Å². The zero-order valence-electron chi connectivity index (χ0n) is 15.0. The lowest BCUT2D eigenvalue weighted by atomic mass is 10.0. The summed E-state index contributed by atoms with van der Waals surface area (Å²) >= 11 is 0. The Morgan fingerprint density at radius 3 is 2.37 bits per heavy atom. The third-order valence-electron chi connectivity index (χ3n) is 4.22. The molecule has 0 aliphatic carbocycles. The Balaban J connectivity index is 2.30. The average molecular weight is 369 g/mol. The Morgan fingerprint density at radius 1 is 1.15 bits per heavy atom. The lowest BCUT2D eigenvalue weighted by Crippen LogP contribution is -2.43. The highest BCUT2D eigenvalue weighted by Gasteiger charge is 2.27. The molecule has 7 nitrogen and oxygen atoms in total. The van der Waals surface area contributed by atoms with E-state index in [1.54, 1.807) is 29.0 Å². The highest BCUT2D eigenvalue weighted by Crippen LogP contribution is 2.33. The molecule has 140 valence electrons. The number of aliphatic imine (C=N–C) groups is 1. The number of pyridine rings is 1. The fraction of sp³-hybridized carbons (Fsp3) is 0.211. The summed E-state index contributed by atoms with van der Waals surface area (Å²) in [4.78, 5) is 29.9. The van der Waals surface area contributed by atoms with Gasteiger partial charge in [0.25, 0.3) is 5.56 Å². The fourth-order valence-electron chi connectivity index (χ4n) is 2.94. The van der Waals surface area contributed by atoms with Crippen LogP contribution >= 0.6 is 0 Å². The molecular formula is C19H20FN5O2. The number of benzene rings is 1. The van der Waals surface area contributed by atoms with Crippen LogP contribution in [0, 0.1) is 5.82 Å². The van der Waals surface area contributed by atoms with Crippen LogP contribution in [0.1, 0.15) is 31.0 Å². The normalized spacial score (nSPS) is 14.5. The number of urea groups is 1. The summed E-state index contributed by atoms with van der Waals surface area (Å²) in [6, 6.07) is 7.93. The van der Waals surface area contributed by atoms with Gasteiger partial charge in [0.1, 0.15) is 11.7 Å². The monoisotopic (exact) mass is 369 g/mol. The van der Waals surface area contributed by atoms with Crippen molar-refractivity contribution in [2.45, 2.75) is 19.9 Å². The van der Waals surface area contributed by atoms with Crippen LogP contribution in [-0.4, -0.2) is 27.9 Å². The predicted molar refractivity (Wildman–Crippen MR) is 102 cm³/mol. The summed E-state index contributed by atoms with van der Waals surface area (Å²) in [6.07, 6.45) is 1.65. The minimum Gasteiger partial charge on any atom is -0.386 e. The smallest absolute Gasteiger partial charge is 0.319 e. The second-order valence-electron chi connectivity index (χ2n) is 6.49. The molecule has 27 heavy (non-hydrogen) atoms. The quantitative estimate of drug-likeness (QED) is 0.865. The third kappa shape index (κ3) is 3.59. The van der Waals surface area contributed by atoms with Gasteiger partial charge in [-0.25, -0.2) is 14.2 Å². The highest BCUT2D eigenvalue weighted by atomic mass is 19.1. The van der Waals surface area contributed by atoms with E-state index in [1.807, 2.05) is 13.8 Å². The van der Waals surface area contributed by atoms with E-state index in [2.05, 4.69) is 4.99 Å². The van der Waals surface area contributed by atoms with Crippen LogP contribution in [-0.2, 0) is 0 Å². The van der Waals surface area contributed by atoms with Crippen LogP contribution in [0.2, 0.25) is 0 Å². The lowest BCUT2D eigenvalue weighted by Gasteiger charge is -2.29. The van der Waals surface area contributed by atoms with Crippen molar-refractivity contribution in [3.8, 4) is 0 Å². The zero-order valence-corrected chi connectivity index (χ0v) is 15.0. The molecule has 0 spiro atoms. The van der Waals surface area contributed by atoms with Crippen molar-refractivity contribution in [2.75, 3.05) is 6.54 Å². The first-order valence-electron chi connectivity index (χ1n) is 8.40. The molecule has 0 saturated heterocycles. The molecule has 2 aromatic rings. The average Bonchev–Trinajstić information content (AvgIpc) is 2.62. The minimum atomic E-state index is -0.704. The third-order valence-corrected chi connectivity index (χ3v) is 4.22. The number of carbonyl (C=O) groups is 1. The van der Waals surface area contributed by atoms with Gasteiger partial charge in [-0.3, -0.25) is 9.69 Å². The first-order chi connectivity index (χ1) is 12.8. The van der Waals surface area contributed by atoms with E-state index in [-0.39, 0.29) is 24.0 Å². The topological polar surface area (TPSA) is 107 Å². The number of aromatic nitrogens is 1. The Morgan fingerprint density at radius 2 is 1.78 bits per heavy atom. The van der Waals surface area contributed by atoms with Gasteiger partial charge < -0.3 is 16.0 Å². The largest absolute Gasteiger partial charge is 0.386 e. The molecule has 1 aliphatic rings. The van der Waals surface area contributed by atoms with Gasteiger partial charge in [-0.1, -0.05) is 0 Å². The van der Waals surface area contributed by atoms with Crippen LogP contribution in [0.15, 0.2) is 52.4 Å². The van der Waals surface area contributed by atoms with Crippen LogP contribution in [0.5, 0.6) is 0 Å². The maximum absolute atomic E-state index is 13.3. The molecule has 2 amide bonds. The Labute approximate surface area is 155 Å². The zero-order chi connectivity index (χ0) is 19.7. The number of amidine groups is 1. The molecule has 0 unspecified atom stereocenters. The molecule has 1 aromatic carbocycles. The summed E-state index contributed by atoms with van der Waals surface area (Å²) in [5, 5.41) is 0. The van der Waals surface area contributed by atoms with E-state index in [9.17, 15) is 14.0 Å². The van der Waals surface area contributed by atoms with Crippen LogP contribution in [0.25, 0.3) is 11.4 Å². The number of nitrogens with zero attached hydrogens (tertiary/aromatic N) is 3. The van der Waals surface area contributed by atoms with Crippen molar-refractivity contribution in [2.24, 2.45) is 16.5 Å². The second-order valence-corrected chi connectivity index (χ2v) is 6.49. The molecule has 4 N–H and O–H groups in total. The maximum atomic E-state index is 13.3. The van der Waals surface area contributed by atoms with Crippen molar-refractivity contribution in [3.05, 3.63) is 69.9 Å². The van der Waals surface area contributed by atoms with E-state index >= 15 is 0 Å². The molecule has 8 heteroatoms. The molecule has 3 rings (SSSR count). The lowest BCUT2D eigenvalue weighted by molar-refractivity contribution is 0.231. The molecule has 2 heterocycles. The van der Waals surface area contributed by atoms with E-state index < -0.39 is 11.8 Å². The van der Waals surface area contributed by atoms with E-state index in [4.69, 9.17) is 11.5 Å². The van der Waals surface area contributed by atoms with Crippen LogP contribution < -0.4 is 17.0 Å².